The van der Waals surface area contributed by atoms with Gasteiger partial charge in [-0.1, -0.05) is 0 Å². The van der Waals surface area contributed by atoms with Crippen LogP contribution in [0.1, 0.15) is 6.42 Å². The summed E-state index contributed by atoms with van der Waals surface area (Å²) in [6.07, 6.45) is 0.265. The zero-order valence-electron chi connectivity index (χ0n) is 9.56. The van der Waals surface area contributed by atoms with Crippen LogP contribution in [0.4, 0.5) is 14.5 Å². The van der Waals surface area contributed by atoms with Crippen molar-refractivity contribution in [2.24, 2.45) is 11.8 Å². The Labute approximate surface area is 102 Å². The van der Waals surface area contributed by atoms with Crippen LogP contribution in [0.5, 0.6) is 0 Å². The van der Waals surface area contributed by atoms with Crippen molar-refractivity contribution in [2.75, 3.05) is 11.9 Å². The summed E-state index contributed by atoms with van der Waals surface area (Å²) in [6, 6.07) is 2.88. The van der Waals surface area contributed by atoms with E-state index >= 15 is 0 Å². The first-order valence-corrected chi connectivity index (χ1v) is 5.37. The summed E-state index contributed by atoms with van der Waals surface area (Å²) in [4.78, 5) is 23.5. The van der Waals surface area contributed by atoms with Crippen LogP contribution < -0.4 is 4.90 Å². The van der Waals surface area contributed by atoms with E-state index in [0.717, 1.165) is 17.0 Å². The van der Waals surface area contributed by atoms with Crippen LogP contribution in [0.3, 0.4) is 0 Å². The lowest BCUT2D eigenvalue weighted by atomic mass is 10.2. The SMILES string of the molecule is CN(C(=O)C1CC1C(=O)O)c1ccc(F)cc1F. The van der Waals surface area contributed by atoms with Gasteiger partial charge in [-0.15, -0.1) is 0 Å². The van der Waals surface area contributed by atoms with E-state index < -0.39 is 35.3 Å². The first-order chi connectivity index (χ1) is 8.41. The highest BCUT2D eigenvalue weighted by Gasteiger charge is 2.49. The van der Waals surface area contributed by atoms with Gasteiger partial charge in [0, 0.05) is 13.1 Å². The molecule has 1 amide bonds. The van der Waals surface area contributed by atoms with Gasteiger partial charge < -0.3 is 10.0 Å². The number of nitrogens with zero attached hydrogens (tertiary/aromatic N) is 1. The molecule has 0 aliphatic heterocycles. The molecule has 1 aliphatic carbocycles. The molecular formula is C12H11F2NO3. The fourth-order valence-corrected chi connectivity index (χ4v) is 1.86. The van der Waals surface area contributed by atoms with Crippen molar-refractivity contribution >= 4 is 17.6 Å². The van der Waals surface area contributed by atoms with Crippen molar-refractivity contribution in [1.29, 1.82) is 0 Å². The fourth-order valence-electron chi connectivity index (χ4n) is 1.86. The van der Waals surface area contributed by atoms with E-state index in [4.69, 9.17) is 5.11 Å². The maximum Gasteiger partial charge on any atom is 0.307 e. The lowest BCUT2D eigenvalue weighted by molar-refractivity contribution is -0.139. The highest BCUT2D eigenvalue weighted by atomic mass is 19.1. The molecule has 1 fully saturated rings. The molecule has 4 nitrogen and oxygen atoms in total. The van der Waals surface area contributed by atoms with Gasteiger partial charge in [0.25, 0.3) is 0 Å². The number of carbonyl (C=O) groups is 2. The van der Waals surface area contributed by atoms with Gasteiger partial charge in [-0.3, -0.25) is 9.59 Å². The second-order valence-corrected chi connectivity index (χ2v) is 4.28. The third kappa shape index (κ3) is 2.18. The van der Waals surface area contributed by atoms with Gasteiger partial charge >= 0.3 is 5.97 Å². The van der Waals surface area contributed by atoms with Crippen molar-refractivity contribution in [3.05, 3.63) is 29.8 Å². The molecule has 0 bridgehead atoms. The molecule has 0 radical (unpaired) electrons. The van der Waals surface area contributed by atoms with Crippen molar-refractivity contribution in [3.63, 3.8) is 0 Å². The number of amides is 1. The third-order valence-corrected chi connectivity index (χ3v) is 3.03. The molecule has 1 saturated carbocycles. The first kappa shape index (κ1) is 12.5. The van der Waals surface area contributed by atoms with Crippen LogP contribution in [-0.4, -0.2) is 24.0 Å². The van der Waals surface area contributed by atoms with E-state index in [9.17, 15) is 18.4 Å². The minimum absolute atomic E-state index is 0.0579. The second-order valence-electron chi connectivity index (χ2n) is 4.28. The van der Waals surface area contributed by atoms with Gasteiger partial charge in [-0.05, 0) is 18.6 Å². The molecule has 1 aliphatic rings. The van der Waals surface area contributed by atoms with Gasteiger partial charge in [0.05, 0.1) is 17.5 Å². The normalized spacial score (nSPS) is 21.5. The molecular weight excluding hydrogens is 244 g/mol. The van der Waals surface area contributed by atoms with E-state index in [-0.39, 0.29) is 12.1 Å². The monoisotopic (exact) mass is 255 g/mol. The minimum atomic E-state index is -1.03. The molecule has 0 saturated heterocycles. The smallest absolute Gasteiger partial charge is 0.307 e. The van der Waals surface area contributed by atoms with Crippen LogP contribution in [-0.2, 0) is 9.59 Å². The lowest BCUT2D eigenvalue weighted by Crippen LogP contribution is -2.29. The summed E-state index contributed by atoms with van der Waals surface area (Å²) < 4.78 is 26.2. The number of carboxylic acid groups (broad SMARTS) is 1. The number of halogens is 2. The van der Waals surface area contributed by atoms with Gasteiger partial charge in [-0.2, -0.15) is 0 Å². The summed E-state index contributed by atoms with van der Waals surface area (Å²) in [5, 5.41) is 8.72. The van der Waals surface area contributed by atoms with Crippen LogP contribution in [0, 0.1) is 23.5 Å². The van der Waals surface area contributed by atoms with E-state index in [1.54, 1.807) is 0 Å². The van der Waals surface area contributed by atoms with Crippen molar-refractivity contribution < 1.29 is 23.5 Å². The predicted octanol–water partition coefficient (Wildman–Crippen LogP) is 1.65. The zero-order chi connectivity index (χ0) is 13.4. The first-order valence-electron chi connectivity index (χ1n) is 5.37. The third-order valence-electron chi connectivity index (χ3n) is 3.03. The predicted molar refractivity (Wildman–Crippen MR) is 59.0 cm³/mol. The van der Waals surface area contributed by atoms with Crippen LogP contribution in [0.15, 0.2) is 18.2 Å². The number of aliphatic carboxylic acids is 1. The molecule has 1 aromatic rings. The van der Waals surface area contributed by atoms with E-state index in [1.165, 1.54) is 7.05 Å². The summed E-state index contributed by atoms with van der Waals surface area (Å²) in [7, 11) is 1.34. The van der Waals surface area contributed by atoms with Crippen LogP contribution in [0.25, 0.3) is 0 Å². The number of anilines is 1. The molecule has 1 aromatic carbocycles. The van der Waals surface area contributed by atoms with Gasteiger partial charge in [0.15, 0.2) is 0 Å². The molecule has 0 heterocycles. The number of hydrogen-bond donors (Lipinski definition) is 1. The Bertz CT molecular complexity index is 518. The zero-order valence-corrected chi connectivity index (χ0v) is 9.56. The maximum absolute atomic E-state index is 13.5. The molecule has 2 unspecified atom stereocenters. The average molecular weight is 255 g/mol. The fraction of sp³-hybridized carbons (Fsp3) is 0.333. The van der Waals surface area contributed by atoms with Crippen LogP contribution in [0.2, 0.25) is 0 Å². The highest BCUT2D eigenvalue weighted by Crippen LogP contribution is 2.40. The van der Waals surface area contributed by atoms with E-state index in [2.05, 4.69) is 0 Å². The van der Waals surface area contributed by atoms with Crippen LogP contribution >= 0.6 is 0 Å². The molecule has 18 heavy (non-hydrogen) atoms. The number of carboxylic acids is 1. The van der Waals surface area contributed by atoms with Crippen molar-refractivity contribution in [3.8, 4) is 0 Å². The summed E-state index contributed by atoms with van der Waals surface area (Å²) >= 11 is 0. The second kappa shape index (κ2) is 4.36. The van der Waals surface area contributed by atoms with E-state index in [1.807, 2.05) is 0 Å². The Morgan fingerprint density at radius 1 is 1.33 bits per heavy atom. The molecule has 1 N–H and O–H groups in total. The average Bonchev–Trinajstić information content (AvgIpc) is 3.07. The van der Waals surface area contributed by atoms with Crippen molar-refractivity contribution in [2.45, 2.75) is 6.42 Å². The summed E-state index contributed by atoms with van der Waals surface area (Å²) in [5.41, 5.74) is -0.0579. The standard InChI is InChI=1S/C12H11F2NO3/c1-15(10-3-2-6(13)4-9(10)14)11(16)7-5-8(7)12(17)18/h2-4,7-8H,5H2,1H3,(H,17,18). The molecule has 6 heteroatoms. The Morgan fingerprint density at radius 3 is 2.50 bits per heavy atom. The largest absolute Gasteiger partial charge is 0.481 e. The van der Waals surface area contributed by atoms with Gasteiger partial charge in [0.2, 0.25) is 5.91 Å². The van der Waals surface area contributed by atoms with E-state index in [0.29, 0.717) is 6.07 Å². The Morgan fingerprint density at radius 2 is 2.00 bits per heavy atom. The molecule has 96 valence electrons. The number of rotatable bonds is 3. The Hall–Kier alpha value is -1.98. The van der Waals surface area contributed by atoms with Gasteiger partial charge in [0.1, 0.15) is 11.6 Å². The topological polar surface area (TPSA) is 57.6 Å². The molecule has 2 atom stereocenters. The summed E-state index contributed by atoms with van der Waals surface area (Å²) in [5.74, 6) is -4.38. The highest BCUT2D eigenvalue weighted by molar-refractivity contribution is 5.99. The number of hydrogen-bond acceptors (Lipinski definition) is 2. The van der Waals surface area contributed by atoms with Gasteiger partial charge in [-0.25, -0.2) is 8.78 Å². The number of benzene rings is 1. The lowest BCUT2D eigenvalue weighted by Gasteiger charge is -2.17. The Kier molecular flexibility index (Phi) is 3.02. The quantitative estimate of drug-likeness (QED) is 0.893. The summed E-state index contributed by atoms with van der Waals surface area (Å²) in [6.45, 7) is 0. The Balaban J connectivity index is 2.14. The molecule has 0 aromatic heterocycles. The molecule has 0 spiro atoms. The number of carbonyl (C=O) groups excluding carboxylic acids is 1. The van der Waals surface area contributed by atoms with Crippen molar-refractivity contribution in [1.82, 2.24) is 0 Å². The maximum atomic E-state index is 13.5. The molecule has 2 rings (SSSR count). The minimum Gasteiger partial charge on any atom is -0.481 e.